The number of carboxylic acids is 1. The topological polar surface area (TPSA) is 95.5 Å². The second kappa shape index (κ2) is 5.37. The van der Waals surface area contributed by atoms with Gasteiger partial charge in [-0.3, -0.25) is 14.4 Å². The van der Waals surface area contributed by atoms with Crippen molar-refractivity contribution in [3.8, 4) is 0 Å². The third-order valence-corrected chi connectivity index (χ3v) is 3.76. The van der Waals surface area contributed by atoms with Crippen LogP contribution in [-0.2, 0) is 14.4 Å². The summed E-state index contributed by atoms with van der Waals surface area (Å²) in [5, 5.41) is 14.5. The molecule has 0 bridgehead atoms. The molecule has 1 heterocycles. The van der Waals surface area contributed by atoms with Gasteiger partial charge in [0.05, 0.1) is 11.8 Å². The Hall–Kier alpha value is -1.59. The summed E-state index contributed by atoms with van der Waals surface area (Å²) in [6.07, 6.45) is 3.36. The monoisotopic (exact) mass is 254 g/mol. The molecule has 6 nitrogen and oxygen atoms in total. The lowest BCUT2D eigenvalue weighted by atomic mass is 9.84. The van der Waals surface area contributed by atoms with E-state index in [9.17, 15) is 14.4 Å². The lowest BCUT2D eigenvalue weighted by molar-refractivity contribution is -0.144. The predicted molar refractivity (Wildman–Crippen MR) is 62.6 cm³/mol. The van der Waals surface area contributed by atoms with E-state index >= 15 is 0 Å². The fraction of sp³-hybridized carbons (Fsp3) is 0.750. The Balaban J connectivity index is 1.92. The van der Waals surface area contributed by atoms with Crippen molar-refractivity contribution in [3.63, 3.8) is 0 Å². The van der Waals surface area contributed by atoms with E-state index in [1.165, 1.54) is 0 Å². The van der Waals surface area contributed by atoms with Crippen LogP contribution in [0.25, 0.3) is 0 Å². The van der Waals surface area contributed by atoms with E-state index in [1.807, 2.05) is 0 Å². The van der Waals surface area contributed by atoms with E-state index in [0.29, 0.717) is 19.4 Å². The average Bonchev–Trinajstić information content (AvgIpc) is 2.76. The van der Waals surface area contributed by atoms with E-state index in [4.69, 9.17) is 5.11 Å². The van der Waals surface area contributed by atoms with Crippen molar-refractivity contribution in [2.75, 3.05) is 6.54 Å². The van der Waals surface area contributed by atoms with Crippen LogP contribution in [0.1, 0.15) is 32.1 Å². The number of rotatable bonds is 3. The fourth-order valence-electron chi connectivity index (χ4n) is 2.69. The summed E-state index contributed by atoms with van der Waals surface area (Å²) >= 11 is 0. The fourth-order valence-corrected chi connectivity index (χ4v) is 2.69. The highest BCUT2D eigenvalue weighted by molar-refractivity contribution is 5.89. The molecule has 0 radical (unpaired) electrons. The molecule has 0 aromatic rings. The SMILES string of the molecule is O=C1CC(C(=O)NC2CCCCC2C(=O)O)CN1. The normalized spacial score (nSPS) is 31.8. The van der Waals surface area contributed by atoms with Crippen LogP contribution in [0, 0.1) is 11.8 Å². The summed E-state index contributed by atoms with van der Waals surface area (Å²) in [5.41, 5.74) is 0. The number of carbonyl (C=O) groups excluding carboxylic acids is 2. The van der Waals surface area contributed by atoms with Gasteiger partial charge < -0.3 is 15.7 Å². The van der Waals surface area contributed by atoms with Gasteiger partial charge in [-0.15, -0.1) is 0 Å². The van der Waals surface area contributed by atoms with Crippen molar-refractivity contribution in [3.05, 3.63) is 0 Å². The molecular formula is C12H18N2O4. The molecular weight excluding hydrogens is 236 g/mol. The number of hydrogen-bond donors (Lipinski definition) is 3. The molecule has 2 amide bonds. The highest BCUT2D eigenvalue weighted by Crippen LogP contribution is 2.25. The highest BCUT2D eigenvalue weighted by atomic mass is 16.4. The van der Waals surface area contributed by atoms with Crippen LogP contribution in [0.15, 0.2) is 0 Å². The zero-order valence-corrected chi connectivity index (χ0v) is 10.1. The summed E-state index contributed by atoms with van der Waals surface area (Å²) in [6.45, 7) is 0.356. The van der Waals surface area contributed by atoms with Crippen LogP contribution in [-0.4, -0.2) is 35.5 Å². The Bertz CT molecular complexity index is 369. The predicted octanol–water partition coefficient (Wildman–Crippen LogP) is -0.118. The Labute approximate surface area is 105 Å². The molecule has 1 aliphatic heterocycles. The van der Waals surface area contributed by atoms with Gasteiger partial charge in [-0.2, -0.15) is 0 Å². The standard InChI is InChI=1S/C12H18N2O4/c15-10-5-7(6-13-10)11(16)14-9-4-2-1-3-8(9)12(17)18/h7-9H,1-6H2,(H,13,15)(H,14,16)(H,17,18). The van der Waals surface area contributed by atoms with Crippen molar-refractivity contribution < 1.29 is 19.5 Å². The molecule has 2 rings (SSSR count). The Morgan fingerprint density at radius 1 is 1.28 bits per heavy atom. The zero-order valence-electron chi connectivity index (χ0n) is 10.1. The van der Waals surface area contributed by atoms with E-state index < -0.39 is 11.9 Å². The molecule has 1 aliphatic carbocycles. The van der Waals surface area contributed by atoms with Gasteiger partial charge in [-0.1, -0.05) is 12.8 Å². The van der Waals surface area contributed by atoms with Crippen molar-refractivity contribution >= 4 is 17.8 Å². The summed E-state index contributed by atoms with van der Waals surface area (Å²) in [4.78, 5) is 34.1. The van der Waals surface area contributed by atoms with Crippen LogP contribution in [0.2, 0.25) is 0 Å². The van der Waals surface area contributed by atoms with Gasteiger partial charge in [-0.05, 0) is 12.8 Å². The van der Waals surface area contributed by atoms with Crippen molar-refractivity contribution in [1.29, 1.82) is 0 Å². The number of carboxylic acid groups (broad SMARTS) is 1. The zero-order chi connectivity index (χ0) is 13.1. The van der Waals surface area contributed by atoms with Crippen LogP contribution >= 0.6 is 0 Å². The molecule has 0 aromatic heterocycles. The number of amides is 2. The van der Waals surface area contributed by atoms with Crippen molar-refractivity contribution in [1.82, 2.24) is 10.6 Å². The molecule has 3 atom stereocenters. The van der Waals surface area contributed by atoms with Gasteiger partial charge in [0.15, 0.2) is 0 Å². The maximum atomic E-state index is 11.9. The first kappa shape index (κ1) is 12.9. The maximum Gasteiger partial charge on any atom is 0.308 e. The smallest absolute Gasteiger partial charge is 0.308 e. The Morgan fingerprint density at radius 3 is 2.61 bits per heavy atom. The molecule has 2 aliphatic rings. The molecule has 0 spiro atoms. The molecule has 3 unspecified atom stereocenters. The molecule has 18 heavy (non-hydrogen) atoms. The van der Waals surface area contributed by atoms with E-state index in [2.05, 4.69) is 10.6 Å². The largest absolute Gasteiger partial charge is 0.481 e. The van der Waals surface area contributed by atoms with Crippen molar-refractivity contribution in [2.24, 2.45) is 11.8 Å². The summed E-state index contributed by atoms with van der Waals surface area (Å²) in [6, 6.07) is -0.292. The lowest BCUT2D eigenvalue weighted by Crippen LogP contribution is -2.47. The van der Waals surface area contributed by atoms with Gasteiger partial charge in [0.1, 0.15) is 0 Å². The molecule has 0 aromatic carbocycles. The van der Waals surface area contributed by atoms with Gasteiger partial charge in [0.25, 0.3) is 0 Å². The minimum atomic E-state index is -0.847. The lowest BCUT2D eigenvalue weighted by Gasteiger charge is -2.29. The van der Waals surface area contributed by atoms with Crippen LogP contribution in [0.3, 0.4) is 0 Å². The maximum absolute atomic E-state index is 11.9. The first-order valence-electron chi connectivity index (χ1n) is 6.38. The van der Waals surface area contributed by atoms with Crippen LogP contribution in [0.5, 0.6) is 0 Å². The molecule has 100 valence electrons. The number of carbonyl (C=O) groups is 3. The Kier molecular flexibility index (Phi) is 3.84. The first-order chi connectivity index (χ1) is 8.58. The first-order valence-corrected chi connectivity index (χ1v) is 6.38. The minimum absolute atomic E-state index is 0.117. The summed E-state index contributed by atoms with van der Waals surface area (Å²) in [5.74, 6) is -2.01. The Morgan fingerprint density at radius 2 is 2.00 bits per heavy atom. The average molecular weight is 254 g/mol. The quantitative estimate of drug-likeness (QED) is 0.654. The van der Waals surface area contributed by atoms with Gasteiger partial charge in [-0.25, -0.2) is 0 Å². The molecule has 1 saturated heterocycles. The van der Waals surface area contributed by atoms with E-state index in [1.54, 1.807) is 0 Å². The van der Waals surface area contributed by atoms with E-state index in [-0.39, 0.29) is 30.2 Å². The van der Waals surface area contributed by atoms with Crippen LogP contribution in [0.4, 0.5) is 0 Å². The third kappa shape index (κ3) is 2.80. The molecule has 6 heteroatoms. The van der Waals surface area contributed by atoms with Crippen molar-refractivity contribution in [2.45, 2.75) is 38.1 Å². The number of nitrogens with one attached hydrogen (secondary N) is 2. The number of aliphatic carboxylic acids is 1. The summed E-state index contributed by atoms with van der Waals surface area (Å²) in [7, 11) is 0. The second-order valence-electron chi connectivity index (χ2n) is 5.05. The molecule has 1 saturated carbocycles. The van der Waals surface area contributed by atoms with E-state index in [0.717, 1.165) is 12.8 Å². The van der Waals surface area contributed by atoms with Gasteiger partial charge in [0, 0.05) is 19.0 Å². The minimum Gasteiger partial charge on any atom is -0.481 e. The molecule has 2 fully saturated rings. The third-order valence-electron chi connectivity index (χ3n) is 3.76. The second-order valence-corrected chi connectivity index (χ2v) is 5.05. The highest BCUT2D eigenvalue weighted by Gasteiger charge is 2.35. The van der Waals surface area contributed by atoms with Crippen LogP contribution < -0.4 is 10.6 Å². The summed E-state index contributed by atoms with van der Waals surface area (Å²) < 4.78 is 0. The molecule has 3 N–H and O–H groups in total. The van der Waals surface area contributed by atoms with Gasteiger partial charge in [0.2, 0.25) is 11.8 Å². The number of hydrogen-bond acceptors (Lipinski definition) is 3. The van der Waals surface area contributed by atoms with Gasteiger partial charge >= 0.3 is 5.97 Å².